The molecule has 2 amide bonds. The maximum Gasteiger partial charge on any atom is 0.407 e. The highest BCUT2D eigenvalue weighted by Crippen LogP contribution is 2.44. The Kier molecular flexibility index (Phi) is 5.99. The van der Waals surface area contributed by atoms with E-state index in [1.807, 2.05) is 48.5 Å². The number of rotatable bonds is 5. The maximum absolute atomic E-state index is 13.1. The van der Waals surface area contributed by atoms with Crippen molar-refractivity contribution in [1.29, 1.82) is 0 Å². The fraction of sp³-hybridized carbons (Fsp3) is 0.250. The molecule has 1 aliphatic heterocycles. The summed E-state index contributed by atoms with van der Waals surface area (Å²) in [6.45, 7) is 2.09. The first-order valence-corrected chi connectivity index (χ1v) is 11.6. The smallest absolute Gasteiger partial charge is 0.407 e. The minimum Gasteiger partial charge on any atom is -0.481 e. The zero-order chi connectivity index (χ0) is 24.5. The van der Waals surface area contributed by atoms with E-state index < -0.39 is 24.0 Å². The highest BCUT2D eigenvalue weighted by atomic mass is 16.5. The van der Waals surface area contributed by atoms with E-state index in [1.54, 1.807) is 19.1 Å². The van der Waals surface area contributed by atoms with E-state index in [2.05, 4.69) is 17.4 Å². The fourth-order valence-corrected chi connectivity index (χ4v) is 5.14. The van der Waals surface area contributed by atoms with Crippen molar-refractivity contribution in [1.82, 2.24) is 10.2 Å². The molecule has 0 fully saturated rings. The Morgan fingerprint density at radius 3 is 2.14 bits per heavy atom. The molecule has 7 nitrogen and oxygen atoms in total. The first-order chi connectivity index (χ1) is 16.9. The van der Waals surface area contributed by atoms with Gasteiger partial charge in [-0.1, -0.05) is 72.8 Å². The Morgan fingerprint density at radius 1 is 0.943 bits per heavy atom. The molecule has 0 spiro atoms. The van der Waals surface area contributed by atoms with Gasteiger partial charge in [0.2, 0.25) is 5.91 Å². The third kappa shape index (κ3) is 4.25. The number of fused-ring (bicyclic) bond motifs is 4. The molecule has 5 rings (SSSR count). The van der Waals surface area contributed by atoms with Crippen LogP contribution in [-0.4, -0.2) is 47.2 Å². The monoisotopic (exact) mass is 470 g/mol. The predicted molar refractivity (Wildman–Crippen MR) is 130 cm³/mol. The number of carbonyl (C=O) groups excluding carboxylic acids is 2. The molecule has 1 heterocycles. The Bertz CT molecular complexity index is 1260. The molecular weight excluding hydrogens is 444 g/mol. The van der Waals surface area contributed by atoms with Crippen LogP contribution >= 0.6 is 0 Å². The molecule has 3 aromatic rings. The van der Waals surface area contributed by atoms with E-state index in [4.69, 9.17) is 4.74 Å². The van der Waals surface area contributed by atoms with Crippen LogP contribution in [0.1, 0.15) is 41.0 Å². The fourth-order valence-electron chi connectivity index (χ4n) is 5.14. The average Bonchev–Trinajstić information content (AvgIpc) is 3.20. The van der Waals surface area contributed by atoms with Crippen LogP contribution in [0.2, 0.25) is 0 Å². The number of hydrogen-bond acceptors (Lipinski definition) is 4. The molecule has 178 valence electrons. The SMILES string of the molecule is C[C@H](NC(=O)OCC1c2ccccc2-c2ccccc21)C(=O)N1Cc2ccccc2C(C(=O)O)C1. The first kappa shape index (κ1) is 22.7. The second-order valence-electron chi connectivity index (χ2n) is 9.00. The van der Waals surface area contributed by atoms with Gasteiger partial charge in [-0.05, 0) is 40.3 Å². The average molecular weight is 471 g/mol. The summed E-state index contributed by atoms with van der Waals surface area (Å²) in [6, 6.07) is 22.5. The molecule has 35 heavy (non-hydrogen) atoms. The Labute approximate surface area is 203 Å². The number of ether oxygens (including phenoxy) is 1. The maximum atomic E-state index is 13.1. The summed E-state index contributed by atoms with van der Waals surface area (Å²) in [5.74, 6) is -2.20. The lowest BCUT2D eigenvalue weighted by Crippen LogP contribution is -2.50. The minimum absolute atomic E-state index is 0.0574. The van der Waals surface area contributed by atoms with Crippen LogP contribution < -0.4 is 5.32 Å². The van der Waals surface area contributed by atoms with Crippen molar-refractivity contribution in [3.05, 3.63) is 95.1 Å². The molecular formula is C28H26N2O5. The van der Waals surface area contributed by atoms with E-state index in [1.165, 1.54) is 4.90 Å². The summed E-state index contributed by atoms with van der Waals surface area (Å²) in [6.07, 6.45) is -0.681. The third-order valence-electron chi connectivity index (χ3n) is 6.85. The van der Waals surface area contributed by atoms with Crippen LogP contribution in [-0.2, 0) is 20.9 Å². The van der Waals surface area contributed by atoms with Crippen molar-refractivity contribution in [2.75, 3.05) is 13.2 Å². The van der Waals surface area contributed by atoms with Gasteiger partial charge >= 0.3 is 12.1 Å². The third-order valence-corrected chi connectivity index (χ3v) is 6.85. The van der Waals surface area contributed by atoms with Crippen molar-refractivity contribution in [3.63, 3.8) is 0 Å². The summed E-state index contributed by atoms with van der Waals surface area (Å²) in [4.78, 5) is 38.9. The van der Waals surface area contributed by atoms with E-state index in [0.717, 1.165) is 33.4 Å². The van der Waals surface area contributed by atoms with E-state index >= 15 is 0 Å². The number of carbonyl (C=O) groups is 3. The molecule has 1 aliphatic carbocycles. The number of nitrogens with one attached hydrogen (secondary N) is 1. The van der Waals surface area contributed by atoms with Crippen molar-refractivity contribution in [2.24, 2.45) is 0 Å². The molecule has 2 aliphatic rings. The number of alkyl carbamates (subject to hydrolysis) is 1. The molecule has 0 aromatic heterocycles. The second-order valence-corrected chi connectivity index (χ2v) is 9.00. The Balaban J connectivity index is 1.23. The van der Waals surface area contributed by atoms with Crippen LogP contribution in [0, 0.1) is 0 Å². The highest BCUT2D eigenvalue weighted by molar-refractivity contribution is 5.87. The zero-order valence-electron chi connectivity index (χ0n) is 19.3. The molecule has 1 unspecified atom stereocenters. The summed E-state index contributed by atoms with van der Waals surface area (Å²) < 4.78 is 5.55. The number of hydrogen-bond donors (Lipinski definition) is 2. The quantitative estimate of drug-likeness (QED) is 0.585. The lowest BCUT2D eigenvalue weighted by Gasteiger charge is -2.34. The molecule has 3 aromatic carbocycles. The second kappa shape index (κ2) is 9.25. The molecule has 2 atom stereocenters. The summed E-state index contributed by atoms with van der Waals surface area (Å²) in [5, 5.41) is 12.3. The summed E-state index contributed by atoms with van der Waals surface area (Å²) in [7, 11) is 0. The van der Waals surface area contributed by atoms with Gasteiger partial charge in [-0.3, -0.25) is 9.59 Å². The van der Waals surface area contributed by atoms with E-state index in [9.17, 15) is 19.5 Å². The molecule has 2 N–H and O–H groups in total. The first-order valence-electron chi connectivity index (χ1n) is 11.6. The minimum atomic E-state index is -0.980. The molecule has 0 radical (unpaired) electrons. The largest absolute Gasteiger partial charge is 0.481 e. The van der Waals surface area contributed by atoms with Gasteiger partial charge < -0.3 is 20.1 Å². The number of amides is 2. The van der Waals surface area contributed by atoms with Gasteiger partial charge in [-0.25, -0.2) is 4.79 Å². The van der Waals surface area contributed by atoms with Gasteiger partial charge in [-0.15, -0.1) is 0 Å². The molecule has 0 saturated carbocycles. The molecule has 0 bridgehead atoms. The van der Waals surface area contributed by atoms with Gasteiger partial charge in [0.05, 0.1) is 5.92 Å². The molecule has 7 heteroatoms. The number of nitrogens with zero attached hydrogens (tertiary/aromatic N) is 1. The van der Waals surface area contributed by atoms with Crippen molar-refractivity contribution in [3.8, 4) is 11.1 Å². The Morgan fingerprint density at radius 2 is 1.51 bits per heavy atom. The van der Waals surface area contributed by atoms with Crippen LogP contribution in [0.3, 0.4) is 0 Å². The standard InChI is InChI=1S/C28H26N2O5/c1-17(26(31)30-14-18-8-2-3-9-19(18)24(15-30)27(32)33)29-28(34)35-16-25-22-12-6-4-10-20(22)21-11-5-7-13-23(21)25/h2-13,17,24-25H,14-16H2,1H3,(H,29,34)(H,32,33)/t17-,24?/m0/s1. The van der Waals surface area contributed by atoms with E-state index in [-0.39, 0.29) is 25.0 Å². The summed E-state index contributed by atoms with van der Waals surface area (Å²) in [5.41, 5.74) is 6.02. The number of carboxylic acid groups (broad SMARTS) is 1. The summed E-state index contributed by atoms with van der Waals surface area (Å²) >= 11 is 0. The van der Waals surface area contributed by atoms with E-state index in [0.29, 0.717) is 6.54 Å². The zero-order valence-corrected chi connectivity index (χ0v) is 19.3. The van der Waals surface area contributed by atoms with Crippen LogP contribution in [0.5, 0.6) is 0 Å². The van der Waals surface area contributed by atoms with Gasteiger partial charge in [0.15, 0.2) is 0 Å². The van der Waals surface area contributed by atoms with Crippen molar-refractivity contribution >= 4 is 18.0 Å². The lowest BCUT2D eigenvalue weighted by atomic mass is 9.89. The van der Waals surface area contributed by atoms with Crippen LogP contribution in [0.25, 0.3) is 11.1 Å². The van der Waals surface area contributed by atoms with Crippen LogP contribution in [0.15, 0.2) is 72.8 Å². The topological polar surface area (TPSA) is 95.9 Å². The van der Waals surface area contributed by atoms with Gasteiger partial charge in [-0.2, -0.15) is 0 Å². The molecule has 0 saturated heterocycles. The van der Waals surface area contributed by atoms with Crippen molar-refractivity contribution < 1.29 is 24.2 Å². The predicted octanol–water partition coefficient (Wildman–Crippen LogP) is 4.12. The van der Waals surface area contributed by atoms with Crippen LogP contribution in [0.4, 0.5) is 4.79 Å². The number of benzene rings is 3. The van der Waals surface area contributed by atoms with Gasteiger partial charge in [0.1, 0.15) is 12.6 Å². The Hall–Kier alpha value is -4.13. The van der Waals surface area contributed by atoms with Crippen molar-refractivity contribution in [2.45, 2.75) is 31.3 Å². The number of aliphatic carboxylic acids is 1. The normalized spacial score (nSPS) is 17.1. The lowest BCUT2D eigenvalue weighted by molar-refractivity contribution is -0.141. The number of carboxylic acids is 1. The highest BCUT2D eigenvalue weighted by Gasteiger charge is 2.35. The van der Waals surface area contributed by atoms with Gasteiger partial charge in [0.25, 0.3) is 0 Å². The van der Waals surface area contributed by atoms with Gasteiger partial charge in [0, 0.05) is 19.0 Å².